The summed E-state index contributed by atoms with van der Waals surface area (Å²) in [6, 6.07) is 7.63. The summed E-state index contributed by atoms with van der Waals surface area (Å²) >= 11 is 6.45. The lowest BCUT2D eigenvalue weighted by molar-refractivity contribution is -0.119. The number of alkyl carbamates (subject to hydrolysis) is 1. The van der Waals surface area contributed by atoms with Crippen molar-refractivity contribution >= 4 is 23.6 Å². The summed E-state index contributed by atoms with van der Waals surface area (Å²) in [5.41, 5.74) is 7.10. The quantitative estimate of drug-likeness (QED) is 0.394. The summed E-state index contributed by atoms with van der Waals surface area (Å²) in [5.74, 6) is -0.149. The van der Waals surface area contributed by atoms with Crippen molar-refractivity contribution in [2.24, 2.45) is 5.73 Å². The molecule has 1 aliphatic heterocycles. The molecule has 8 nitrogen and oxygen atoms in total. The van der Waals surface area contributed by atoms with Crippen LogP contribution in [0.15, 0.2) is 48.4 Å². The van der Waals surface area contributed by atoms with Gasteiger partial charge in [-0.05, 0) is 64.9 Å². The Morgan fingerprint density at radius 2 is 1.95 bits per heavy atom. The molecule has 2 rings (SSSR count). The average Bonchev–Trinajstić information content (AvgIpc) is 3.06. The molecule has 1 aromatic rings. The molecular formula is C28H46ClN5O3. The van der Waals surface area contributed by atoms with Crippen molar-refractivity contribution in [3.8, 4) is 0 Å². The number of hydrogen-bond acceptors (Lipinski definition) is 6. The van der Waals surface area contributed by atoms with E-state index in [1.165, 1.54) is 6.20 Å². The minimum absolute atomic E-state index is 0.0298. The molecule has 1 heterocycles. The summed E-state index contributed by atoms with van der Waals surface area (Å²) in [4.78, 5) is 29.2. The molecule has 208 valence electrons. The van der Waals surface area contributed by atoms with E-state index in [0.717, 1.165) is 31.4 Å². The van der Waals surface area contributed by atoms with Crippen molar-refractivity contribution in [1.82, 2.24) is 20.4 Å². The van der Waals surface area contributed by atoms with Crippen molar-refractivity contribution < 1.29 is 14.3 Å². The van der Waals surface area contributed by atoms with Gasteiger partial charge in [-0.3, -0.25) is 9.69 Å². The maximum atomic E-state index is 12.4. The summed E-state index contributed by atoms with van der Waals surface area (Å²) < 4.78 is 5.45. The molecule has 0 saturated carbocycles. The molecule has 9 heteroatoms. The van der Waals surface area contributed by atoms with Crippen LogP contribution in [0.3, 0.4) is 0 Å². The normalized spacial score (nSPS) is 16.8. The molecule has 1 saturated heterocycles. The Hall–Kier alpha value is -2.71. The van der Waals surface area contributed by atoms with Crippen LogP contribution < -0.4 is 16.4 Å². The third-order valence-electron chi connectivity index (χ3n) is 5.52. The minimum atomic E-state index is -0.547. The second-order valence-electron chi connectivity index (χ2n) is 9.75. The van der Waals surface area contributed by atoms with Gasteiger partial charge in [0.15, 0.2) is 0 Å². The van der Waals surface area contributed by atoms with Crippen molar-refractivity contribution in [2.75, 3.05) is 19.8 Å². The largest absolute Gasteiger partial charge is 0.444 e. The number of nitrogens with one attached hydrogen (secondary N) is 2. The number of carbonyl (C=O) groups is 2. The van der Waals surface area contributed by atoms with Gasteiger partial charge in [0.05, 0.1) is 13.1 Å². The number of ether oxygens (including phenoxy) is 1. The standard InChI is InChI=1S/C26H40ClN5O3.C2H6/c1-5-13-29-24(33)15-22(16-28)32(17-20-10-6-7-12-23(20)27)19-31-14-9-8-11-21(18-31)30-25(34)35-26(2,3)4;1-2/h5-7,10,12-13,16,21H,8-9,11,14-15,17-19,28H2,1-4H3,(H,29,33)(H,30,34);1-2H3/b13-5-,22-16-;. The van der Waals surface area contributed by atoms with Crippen molar-refractivity contribution in [1.29, 1.82) is 0 Å². The third-order valence-corrected chi connectivity index (χ3v) is 5.89. The van der Waals surface area contributed by atoms with Gasteiger partial charge in [-0.2, -0.15) is 0 Å². The van der Waals surface area contributed by atoms with Gasteiger partial charge in [0.1, 0.15) is 5.60 Å². The molecule has 37 heavy (non-hydrogen) atoms. The van der Waals surface area contributed by atoms with Gasteiger partial charge in [0.2, 0.25) is 5.91 Å². The van der Waals surface area contributed by atoms with Crippen LogP contribution >= 0.6 is 11.6 Å². The molecule has 1 aliphatic rings. The number of nitrogens with two attached hydrogens (primary N) is 1. The molecule has 1 fully saturated rings. The first kappa shape index (κ1) is 32.3. The number of benzene rings is 1. The number of rotatable bonds is 9. The number of hydrogen-bond donors (Lipinski definition) is 3. The van der Waals surface area contributed by atoms with Gasteiger partial charge in [0, 0.05) is 36.1 Å². The van der Waals surface area contributed by atoms with Crippen LogP contribution in [0.4, 0.5) is 4.79 Å². The van der Waals surface area contributed by atoms with E-state index in [9.17, 15) is 9.59 Å². The Morgan fingerprint density at radius 1 is 1.24 bits per heavy atom. The van der Waals surface area contributed by atoms with Gasteiger partial charge in [-0.25, -0.2) is 4.79 Å². The van der Waals surface area contributed by atoms with E-state index in [1.807, 2.05) is 65.8 Å². The van der Waals surface area contributed by atoms with Crippen LogP contribution in [-0.2, 0) is 16.1 Å². The number of halogens is 1. The summed E-state index contributed by atoms with van der Waals surface area (Å²) in [6.07, 6.45) is 7.49. The van der Waals surface area contributed by atoms with Crippen molar-refractivity contribution in [3.63, 3.8) is 0 Å². The van der Waals surface area contributed by atoms with Crippen LogP contribution in [-0.4, -0.2) is 53.2 Å². The second kappa shape index (κ2) is 16.9. The maximum Gasteiger partial charge on any atom is 0.407 e. The zero-order valence-electron chi connectivity index (χ0n) is 23.4. The molecule has 0 bridgehead atoms. The first-order valence-corrected chi connectivity index (χ1v) is 13.5. The Morgan fingerprint density at radius 3 is 2.57 bits per heavy atom. The van der Waals surface area contributed by atoms with Gasteiger partial charge in [-0.1, -0.05) is 56.1 Å². The summed E-state index contributed by atoms with van der Waals surface area (Å²) in [6.45, 7) is 14.0. The predicted molar refractivity (Wildman–Crippen MR) is 152 cm³/mol. The molecule has 0 radical (unpaired) electrons. The molecule has 0 spiro atoms. The maximum absolute atomic E-state index is 12.4. The van der Waals surface area contributed by atoms with Crippen LogP contribution in [0, 0.1) is 0 Å². The topological polar surface area (TPSA) is 99.9 Å². The van der Waals surface area contributed by atoms with E-state index in [4.69, 9.17) is 22.1 Å². The van der Waals surface area contributed by atoms with Crippen LogP contribution in [0.5, 0.6) is 0 Å². The number of carbonyl (C=O) groups excluding carboxylic acids is 2. The SMILES string of the molecule is C/C=C\NC(=O)C/C(=C/N)N(Cc1ccccc1Cl)CN1CCCCC(NC(=O)OC(C)(C)C)C1.CC. The molecule has 2 amide bonds. The first-order valence-electron chi connectivity index (χ1n) is 13.1. The number of nitrogens with zero attached hydrogens (tertiary/aromatic N) is 2. The van der Waals surface area contributed by atoms with Gasteiger partial charge < -0.3 is 26.0 Å². The Bertz CT molecular complexity index is 898. The lowest BCUT2D eigenvalue weighted by Crippen LogP contribution is -2.47. The van der Waals surface area contributed by atoms with Crippen molar-refractivity contribution in [2.45, 2.75) is 85.4 Å². The monoisotopic (exact) mass is 535 g/mol. The van der Waals surface area contributed by atoms with E-state index in [-0.39, 0.29) is 18.4 Å². The molecule has 4 N–H and O–H groups in total. The molecule has 0 aliphatic carbocycles. The van der Waals surface area contributed by atoms with E-state index in [2.05, 4.69) is 20.4 Å². The number of allylic oxidation sites excluding steroid dienone is 1. The highest BCUT2D eigenvalue weighted by molar-refractivity contribution is 6.31. The fourth-order valence-corrected chi connectivity index (χ4v) is 4.12. The number of likely N-dealkylation sites (tertiary alicyclic amines) is 1. The van der Waals surface area contributed by atoms with Gasteiger partial charge in [0.25, 0.3) is 0 Å². The highest BCUT2D eigenvalue weighted by Gasteiger charge is 2.25. The number of amides is 2. The van der Waals surface area contributed by atoms with Gasteiger partial charge in [-0.15, -0.1) is 0 Å². The fourth-order valence-electron chi connectivity index (χ4n) is 3.92. The first-order chi connectivity index (χ1) is 17.6. The zero-order valence-corrected chi connectivity index (χ0v) is 24.1. The Labute approximate surface area is 228 Å². The summed E-state index contributed by atoms with van der Waals surface area (Å²) in [7, 11) is 0. The molecule has 0 aromatic heterocycles. The second-order valence-corrected chi connectivity index (χ2v) is 10.2. The Kier molecular flexibility index (Phi) is 14.8. The van der Waals surface area contributed by atoms with Crippen LogP contribution in [0.1, 0.15) is 72.8 Å². The minimum Gasteiger partial charge on any atom is -0.444 e. The highest BCUT2D eigenvalue weighted by atomic mass is 35.5. The predicted octanol–water partition coefficient (Wildman–Crippen LogP) is 5.34. The van der Waals surface area contributed by atoms with E-state index >= 15 is 0 Å². The lowest BCUT2D eigenvalue weighted by atomic mass is 10.1. The lowest BCUT2D eigenvalue weighted by Gasteiger charge is -2.34. The molecule has 1 unspecified atom stereocenters. The van der Waals surface area contributed by atoms with Crippen molar-refractivity contribution in [3.05, 3.63) is 59.0 Å². The highest BCUT2D eigenvalue weighted by Crippen LogP contribution is 2.22. The van der Waals surface area contributed by atoms with Crippen LogP contribution in [0.25, 0.3) is 0 Å². The van der Waals surface area contributed by atoms with Gasteiger partial charge >= 0.3 is 6.09 Å². The van der Waals surface area contributed by atoms with Crippen LogP contribution in [0.2, 0.25) is 5.02 Å². The average molecular weight is 536 g/mol. The van der Waals surface area contributed by atoms with E-state index < -0.39 is 11.7 Å². The Balaban J connectivity index is 0.00000334. The molecule has 1 atom stereocenters. The smallest absolute Gasteiger partial charge is 0.407 e. The van der Waals surface area contributed by atoms with E-state index in [0.29, 0.717) is 30.5 Å². The molecule has 1 aromatic carbocycles. The third kappa shape index (κ3) is 12.9. The molecular weight excluding hydrogens is 490 g/mol. The fraction of sp³-hybridized carbons (Fsp3) is 0.571. The van der Waals surface area contributed by atoms with E-state index in [1.54, 1.807) is 12.3 Å². The zero-order chi connectivity index (χ0) is 27.8. The summed E-state index contributed by atoms with van der Waals surface area (Å²) in [5, 5.41) is 6.43.